The Labute approximate surface area is 136 Å². The summed E-state index contributed by atoms with van der Waals surface area (Å²) in [6.07, 6.45) is 7.30. The van der Waals surface area contributed by atoms with Gasteiger partial charge >= 0.3 is 0 Å². The highest BCUT2D eigenvalue weighted by atomic mass is 16.3. The number of furan rings is 1. The minimum Gasteiger partial charge on any atom is -0.465 e. The van der Waals surface area contributed by atoms with E-state index >= 15 is 0 Å². The second-order valence-corrected chi connectivity index (χ2v) is 5.83. The van der Waals surface area contributed by atoms with Gasteiger partial charge in [-0.05, 0) is 49.7 Å². The van der Waals surface area contributed by atoms with Crippen LogP contribution in [0.4, 0.5) is 0 Å². The van der Waals surface area contributed by atoms with E-state index in [-0.39, 0.29) is 11.9 Å². The van der Waals surface area contributed by atoms with Crippen LogP contribution >= 0.6 is 0 Å². The van der Waals surface area contributed by atoms with E-state index in [0.29, 0.717) is 5.76 Å². The van der Waals surface area contributed by atoms with Crippen LogP contribution in [-0.2, 0) is 4.79 Å². The first kappa shape index (κ1) is 15.6. The first-order valence-corrected chi connectivity index (χ1v) is 8.10. The number of nitrogens with one attached hydrogen (secondary N) is 1. The number of carbonyl (C=O) groups excluding carboxylic acids is 1. The number of nitrogens with zero attached hydrogens (tertiary/aromatic N) is 1. The molecule has 0 bridgehead atoms. The third-order valence-electron chi connectivity index (χ3n) is 4.10. The zero-order valence-electron chi connectivity index (χ0n) is 13.2. The van der Waals surface area contributed by atoms with Gasteiger partial charge in [-0.3, -0.25) is 4.79 Å². The van der Waals surface area contributed by atoms with E-state index in [1.54, 1.807) is 18.4 Å². The SMILES string of the molecule is O=C(/C=C/c1ccco1)NC(CN1CCCC1)c1ccccc1. The van der Waals surface area contributed by atoms with Crippen LogP contribution < -0.4 is 5.32 Å². The molecule has 2 heterocycles. The number of rotatable bonds is 6. The van der Waals surface area contributed by atoms with Gasteiger partial charge in [-0.2, -0.15) is 0 Å². The van der Waals surface area contributed by atoms with Crippen LogP contribution in [0, 0.1) is 0 Å². The average molecular weight is 310 g/mol. The van der Waals surface area contributed by atoms with E-state index < -0.39 is 0 Å². The molecule has 0 radical (unpaired) electrons. The van der Waals surface area contributed by atoms with Crippen molar-refractivity contribution in [1.29, 1.82) is 0 Å². The molecule has 1 aromatic carbocycles. The maximum atomic E-state index is 12.2. The second kappa shape index (κ2) is 7.79. The van der Waals surface area contributed by atoms with Crippen molar-refractivity contribution in [3.8, 4) is 0 Å². The van der Waals surface area contributed by atoms with Gasteiger partial charge in [-0.15, -0.1) is 0 Å². The van der Waals surface area contributed by atoms with Gasteiger partial charge in [0.25, 0.3) is 0 Å². The fourth-order valence-corrected chi connectivity index (χ4v) is 2.91. The number of likely N-dealkylation sites (tertiary alicyclic amines) is 1. The topological polar surface area (TPSA) is 45.5 Å². The molecule has 0 aliphatic carbocycles. The van der Waals surface area contributed by atoms with Crippen molar-refractivity contribution in [2.24, 2.45) is 0 Å². The molecule has 1 aliphatic rings. The molecule has 1 N–H and O–H groups in total. The maximum Gasteiger partial charge on any atom is 0.244 e. The summed E-state index contributed by atoms with van der Waals surface area (Å²) >= 11 is 0. The summed E-state index contributed by atoms with van der Waals surface area (Å²) in [6.45, 7) is 3.08. The normalized spacial score (nSPS) is 16.7. The summed E-state index contributed by atoms with van der Waals surface area (Å²) in [5.41, 5.74) is 1.14. The summed E-state index contributed by atoms with van der Waals surface area (Å²) in [5.74, 6) is 0.574. The largest absolute Gasteiger partial charge is 0.465 e. The molecule has 1 atom stereocenters. The van der Waals surface area contributed by atoms with Crippen LogP contribution in [-0.4, -0.2) is 30.4 Å². The van der Waals surface area contributed by atoms with Crippen molar-refractivity contribution in [1.82, 2.24) is 10.2 Å². The van der Waals surface area contributed by atoms with E-state index in [1.807, 2.05) is 24.3 Å². The number of hydrogen-bond acceptors (Lipinski definition) is 3. The molecule has 0 spiro atoms. The first-order valence-electron chi connectivity index (χ1n) is 8.10. The zero-order chi connectivity index (χ0) is 15.9. The maximum absolute atomic E-state index is 12.2. The number of carbonyl (C=O) groups is 1. The molecular formula is C19H22N2O2. The molecule has 4 heteroatoms. The molecule has 1 aromatic heterocycles. The number of hydrogen-bond donors (Lipinski definition) is 1. The number of amides is 1. The Morgan fingerprint density at radius 1 is 1.17 bits per heavy atom. The molecule has 1 aliphatic heterocycles. The van der Waals surface area contributed by atoms with Crippen molar-refractivity contribution in [2.45, 2.75) is 18.9 Å². The highest BCUT2D eigenvalue weighted by Gasteiger charge is 2.19. The summed E-state index contributed by atoms with van der Waals surface area (Å²) in [5, 5.41) is 3.11. The lowest BCUT2D eigenvalue weighted by molar-refractivity contribution is -0.117. The van der Waals surface area contributed by atoms with Gasteiger partial charge in [-0.1, -0.05) is 30.3 Å². The Bertz CT molecular complexity index is 629. The van der Waals surface area contributed by atoms with Crippen LogP contribution in [0.2, 0.25) is 0 Å². The summed E-state index contributed by atoms with van der Waals surface area (Å²) in [4.78, 5) is 14.6. The van der Waals surface area contributed by atoms with Crippen molar-refractivity contribution in [3.05, 3.63) is 66.1 Å². The Hall–Kier alpha value is -2.33. The molecule has 2 aromatic rings. The van der Waals surface area contributed by atoms with Gasteiger partial charge in [-0.25, -0.2) is 0 Å². The fourth-order valence-electron chi connectivity index (χ4n) is 2.91. The summed E-state index contributed by atoms with van der Waals surface area (Å²) in [7, 11) is 0. The lowest BCUT2D eigenvalue weighted by atomic mass is 10.1. The average Bonchev–Trinajstić information content (AvgIpc) is 3.27. The van der Waals surface area contributed by atoms with Crippen molar-refractivity contribution < 1.29 is 9.21 Å². The molecule has 1 saturated heterocycles. The fraction of sp³-hybridized carbons (Fsp3) is 0.316. The third-order valence-corrected chi connectivity index (χ3v) is 4.10. The quantitative estimate of drug-likeness (QED) is 0.833. The van der Waals surface area contributed by atoms with Gasteiger partial charge in [0, 0.05) is 12.6 Å². The van der Waals surface area contributed by atoms with Gasteiger partial charge in [0.1, 0.15) is 5.76 Å². The minimum absolute atomic E-state index is 0.00283. The molecule has 120 valence electrons. The van der Waals surface area contributed by atoms with Gasteiger partial charge in [0.15, 0.2) is 0 Å². The molecule has 1 fully saturated rings. The molecule has 4 nitrogen and oxygen atoms in total. The molecule has 0 saturated carbocycles. The van der Waals surface area contributed by atoms with Crippen molar-refractivity contribution in [3.63, 3.8) is 0 Å². The van der Waals surface area contributed by atoms with Gasteiger partial charge in [0.05, 0.1) is 12.3 Å². The molecule has 1 unspecified atom stereocenters. The molecule has 3 rings (SSSR count). The summed E-state index contributed by atoms with van der Waals surface area (Å²) < 4.78 is 5.21. The van der Waals surface area contributed by atoms with Crippen LogP contribution in [0.25, 0.3) is 6.08 Å². The minimum atomic E-state index is -0.102. The Balaban J connectivity index is 1.66. The monoisotopic (exact) mass is 310 g/mol. The smallest absolute Gasteiger partial charge is 0.244 e. The molecule has 1 amide bonds. The third kappa shape index (κ3) is 4.57. The standard InChI is InChI=1S/C19H22N2O2/c22-19(11-10-17-9-6-14-23-17)20-18(15-21-12-4-5-13-21)16-7-2-1-3-8-16/h1-3,6-11,14,18H,4-5,12-13,15H2,(H,20,22)/b11-10+. The van der Waals surface area contributed by atoms with Crippen LogP contribution in [0.15, 0.2) is 59.2 Å². The second-order valence-electron chi connectivity index (χ2n) is 5.83. The Kier molecular flexibility index (Phi) is 5.27. The van der Waals surface area contributed by atoms with Gasteiger partial charge < -0.3 is 14.6 Å². The van der Waals surface area contributed by atoms with E-state index in [9.17, 15) is 4.79 Å². The lowest BCUT2D eigenvalue weighted by Gasteiger charge is -2.24. The van der Waals surface area contributed by atoms with E-state index in [4.69, 9.17) is 4.42 Å². The van der Waals surface area contributed by atoms with Crippen LogP contribution in [0.5, 0.6) is 0 Å². The lowest BCUT2D eigenvalue weighted by Crippen LogP contribution is -2.36. The predicted molar refractivity (Wildman–Crippen MR) is 90.7 cm³/mol. The van der Waals surface area contributed by atoms with Gasteiger partial charge in [0.2, 0.25) is 5.91 Å². The Morgan fingerprint density at radius 3 is 2.65 bits per heavy atom. The zero-order valence-corrected chi connectivity index (χ0v) is 13.2. The van der Waals surface area contributed by atoms with Crippen molar-refractivity contribution >= 4 is 12.0 Å². The van der Waals surface area contributed by atoms with E-state index in [1.165, 1.54) is 18.9 Å². The summed E-state index contributed by atoms with van der Waals surface area (Å²) in [6, 6.07) is 13.8. The highest BCUT2D eigenvalue weighted by molar-refractivity contribution is 5.91. The van der Waals surface area contributed by atoms with E-state index in [2.05, 4.69) is 22.3 Å². The van der Waals surface area contributed by atoms with Crippen LogP contribution in [0.1, 0.15) is 30.2 Å². The first-order chi connectivity index (χ1) is 11.3. The molecular weight excluding hydrogens is 288 g/mol. The molecule has 23 heavy (non-hydrogen) atoms. The Morgan fingerprint density at radius 2 is 1.96 bits per heavy atom. The predicted octanol–water partition coefficient (Wildman–Crippen LogP) is 3.25. The van der Waals surface area contributed by atoms with Crippen LogP contribution in [0.3, 0.4) is 0 Å². The van der Waals surface area contributed by atoms with E-state index in [0.717, 1.165) is 25.2 Å². The number of benzene rings is 1. The van der Waals surface area contributed by atoms with Crippen molar-refractivity contribution in [2.75, 3.05) is 19.6 Å². The highest BCUT2D eigenvalue weighted by Crippen LogP contribution is 2.17.